The van der Waals surface area contributed by atoms with Crippen molar-refractivity contribution >= 4 is 15.9 Å². The molecule has 1 amide bonds. The predicted molar refractivity (Wildman–Crippen MR) is 90.8 cm³/mol. The van der Waals surface area contributed by atoms with Crippen molar-refractivity contribution in [2.24, 2.45) is 0 Å². The Morgan fingerprint density at radius 1 is 1.46 bits per heavy atom. The molecule has 0 aliphatic carbocycles. The number of benzene rings is 1. The number of nitrogens with one attached hydrogen (secondary N) is 1. The summed E-state index contributed by atoms with van der Waals surface area (Å²) in [7, 11) is -3.66. The molecular formula is C17H22N2O4S. The van der Waals surface area contributed by atoms with E-state index in [4.69, 9.17) is 6.42 Å². The van der Waals surface area contributed by atoms with Gasteiger partial charge in [-0.15, -0.1) is 6.42 Å². The lowest BCUT2D eigenvalue weighted by Gasteiger charge is -2.25. The first-order chi connectivity index (χ1) is 11.3. The third kappa shape index (κ3) is 4.35. The zero-order valence-electron chi connectivity index (χ0n) is 13.6. The molecule has 2 N–H and O–H groups in total. The molecule has 0 aromatic heterocycles. The average Bonchev–Trinajstić information content (AvgIpc) is 2.99. The molecule has 1 aromatic carbocycles. The Hall–Kier alpha value is -1.88. The van der Waals surface area contributed by atoms with Gasteiger partial charge in [0.25, 0.3) is 5.91 Å². The largest absolute Gasteiger partial charge is 0.393 e. The number of sulfonamides is 1. The quantitative estimate of drug-likeness (QED) is 0.749. The number of hydrogen-bond acceptors (Lipinski definition) is 4. The van der Waals surface area contributed by atoms with Crippen LogP contribution < -0.4 is 4.72 Å². The summed E-state index contributed by atoms with van der Waals surface area (Å²) in [5, 5.41) is 9.55. The fourth-order valence-electron chi connectivity index (χ4n) is 2.90. The molecule has 1 aliphatic rings. The summed E-state index contributed by atoms with van der Waals surface area (Å²) in [5.74, 6) is 2.07. The van der Waals surface area contributed by atoms with Gasteiger partial charge in [-0.2, -0.15) is 4.72 Å². The van der Waals surface area contributed by atoms with E-state index in [1.54, 1.807) is 11.8 Å². The highest BCUT2D eigenvalue weighted by Crippen LogP contribution is 2.24. The molecule has 1 aliphatic heterocycles. The van der Waals surface area contributed by atoms with Crippen molar-refractivity contribution in [3.05, 3.63) is 29.8 Å². The van der Waals surface area contributed by atoms with E-state index in [0.717, 1.165) is 12.8 Å². The van der Waals surface area contributed by atoms with Gasteiger partial charge >= 0.3 is 0 Å². The van der Waals surface area contributed by atoms with Crippen LogP contribution in [-0.4, -0.2) is 49.6 Å². The van der Waals surface area contributed by atoms with Gasteiger partial charge in [0.1, 0.15) is 0 Å². The molecule has 0 bridgehead atoms. The minimum Gasteiger partial charge on any atom is -0.393 e. The Morgan fingerprint density at radius 2 is 2.12 bits per heavy atom. The minimum atomic E-state index is -3.66. The molecule has 1 saturated heterocycles. The smallest absolute Gasteiger partial charge is 0.254 e. The molecule has 6 nitrogen and oxygen atoms in total. The van der Waals surface area contributed by atoms with E-state index in [0.29, 0.717) is 18.5 Å². The van der Waals surface area contributed by atoms with Gasteiger partial charge in [-0.3, -0.25) is 4.79 Å². The van der Waals surface area contributed by atoms with Crippen LogP contribution in [0.2, 0.25) is 0 Å². The van der Waals surface area contributed by atoms with E-state index >= 15 is 0 Å². The molecule has 2 rings (SSSR count). The summed E-state index contributed by atoms with van der Waals surface area (Å²) in [6.45, 7) is 2.28. The van der Waals surface area contributed by atoms with Crippen LogP contribution in [0.25, 0.3) is 0 Å². The number of aliphatic hydroxyl groups is 1. The number of rotatable bonds is 6. The normalized spacial score (nSPS) is 19.0. The second-order valence-corrected chi connectivity index (χ2v) is 7.70. The monoisotopic (exact) mass is 350 g/mol. The number of carbonyl (C=O) groups excluding carboxylic acids is 1. The van der Waals surface area contributed by atoms with E-state index < -0.39 is 16.1 Å². The van der Waals surface area contributed by atoms with E-state index in [-0.39, 0.29) is 23.4 Å². The van der Waals surface area contributed by atoms with Crippen LogP contribution in [0.1, 0.15) is 36.5 Å². The lowest BCUT2D eigenvalue weighted by molar-refractivity contribution is 0.0682. The van der Waals surface area contributed by atoms with Crippen molar-refractivity contribution in [2.45, 2.75) is 43.2 Å². The first-order valence-corrected chi connectivity index (χ1v) is 9.35. The number of nitrogens with zero attached hydrogens (tertiary/aromatic N) is 1. The minimum absolute atomic E-state index is 0.0261. The number of terminal acetylenes is 1. The summed E-state index contributed by atoms with van der Waals surface area (Å²) in [6, 6.07) is 5.82. The molecule has 2 atom stereocenters. The second kappa shape index (κ2) is 7.79. The van der Waals surface area contributed by atoms with E-state index in [2.05, 4.69) is 10.6 Å². The van der Waals surface area contributed by atoms with E-state index in [9.17, 15) is 18.3 Å². The maximum atomic E-state index is 12.6. The maximum Gasteiger partial charge on any atom is 0.254 e. The Kier molecular flexibility index (Phi) is 5.99. The number of aliphatic hydroxyl groups excluding tert-OH is 1. The molecule has 0 saturated carbocycles. The zero-order chi connectivity index (χ0) is 17.7. The van der Waals surface area contributed by atoms with Crippen LogP contribution in [0.3, 0.4) is 0 Å². The SMILES string of the molecule is C#CCNS(=O)(=O)c1ccc(C(=O)N2CCC[C@@H]2C[C@@H](C)O)cc1. The van der Waals surface area contributed by atoms with Crippen LogP contribution in [0.5, 0.6) is 0 Å². The number of carbonyl (C=O) groups is 1. The molecule has 1 aromatic rings. The number of amides is 1. The first-order valence-electron chi connectivity index (χ1n) is 7.87. The van der Waals surface area contributed by atoms with Crippen molar-refractivity contribution in [3.63, 3.8) is 0 Å². The van der Waals surface area contributed by atoms with E-state index in [1.807, 2.05) is 0 Å². The molecule has 130 valence electrons. The van der Waals surface area contributed by atoms with Gasteiger partial charge in [-0.25, -0.2) is 8.42 Å². The van der Waals surface area contributed by atoms with Crippen LogP contribution in [0, 0.1) is 12.3 Å². The highest BCUT2D eigenvalue weighted by Gasteiger charge is 2.30. The predicted octanol–water partition coefficient (Wildman–Crippen LogP) is 0.974. The van der Waals surface area contributed by atoms with Crippen molar-refractivity contribution < 1.29 is 18.3 Å². The Morgan fingerprint density at radius 3 is 2.71 bits per heavy atom. The van der Waals surface area contributed by atoms with Crippen molar-refractivity contribution in [1.82, 2.24) is 9.62 Å². The zero-order valence-corrected chi connectivity index (χ0v) is 14.4. The highest BCUT2D eigenvalue weighted by molar-refractivity contribution is 7.89. The first kappa shape index (κ1) is 18.5. The molecule has 1 heterocycles. The van der Waals surface area contributed by atoms with Crippen molar-refractivity contribution in [1.29, 1.82) is 0 Å². The van der Waals surface area contributed by atoms with Crippen LogP contribution in [0.15, 0.2) is 29.2 Å². The maximum absolute atomic E-state index is 12.6. The third-order valence-electron chi connectivity index (χ3n) is 4.03. The van der Waals surface area contributed by atoms with Crippen molar-refractivity contribution in [2.75, 3.05) is 13.1 Å². The highest BCUT2D eigenvalue weighted by atomic mass is 32.2. The van der Waals surface area contributed by atoms with Gasteiger partial charge in [0.15, 0.2) is 0 Å². The van der Waals surface area contributed by atoms with Crippen LogP contribution >= 0.6 is 0 Å². The average molecular weight is 350 g/mol. The standard InChI is InChI=1S/C17H22N2O4S/c1-3-10-18-24(22,23)16-8-6-14(7-9-16)17(21)19-11-4-5-15(19)12-13(2)20/h1,6-9,13,15,18,20H,4-5,10-12H2,2H3/t13-,15-/m1/s1. The van der Waals surface area contributed by atoms with Gasteiger partial charge in [0.05, 0.1) is 17.5 Å². The molecule has 0 radical (unpaired) electrons. The summed E-state index contributed by atoms with van der Waals surface area (Å²) < 4.78 is 26.2. The van der Waals surface area contributed by atoms with Crippen molar-refractivity contribution in [3.8, 4) is 12.3 Å². The van der Waals surface area contributed by atoms with Crippen LogP contribution in [-0.2, 0) is 10.0 Å². The Labute approximate surface area is 142 Å². The molecule has 0 spiro atoms. The Bertz CT molecular complexity index is 720. The van der Waals surface area contributed by atoms with Gasteiger partial charge in [-0.05, 0) is 50.5 Å². The molecule has 24 heavy (non-hydrogen) atoms. The van der Waals surface area contributed by atoms with Gasteiger partial charge in [0.2, 0.25) is 10.0 Å². The molecule has 0 unspecified atom stereocenters. The van der Waals surface area contributed by atoms with Gasteiger partial charge in [-0.1, -0.05) is 5.92 Å². The molecule has 1 fully saturated rings. The van der Waals surface area contributed by atoms with Gasteiger partial charge < -0.3 is 10.0 Å². The second-order valence-electron chi connectivity index (χ2n) is 5.93. The van der Waals surface area contributed by atoms with E-state index in [1.165, 1.54) is 24.3 Å². The lowest BCUT2D eigenvalue weighted by Crippen LogP contribution is -2.37. The fraction of sp³-hybridized carbons (Fsp3) is 0.471. The summed E-state index contributed by atoms with van der Waals surface area (Å²) in [4.78, 5) is 14.4. The summed E-state index contributed by atoms with van der Waals surface area (Å²) >= 11 is 0. The molecule has 7 heteroatoms. The van der Waals surface area contributed by atoms with Gasteiger partial charge in [0, 0.05) is 18.2 Å². The summed E-state index contributed by atoms with van der Waals surface area (Å²) in [6.07, 6.45) is 6.92. The topological polar surface area (TPSA) is 86.7 Å². The number of hydrogen-bond donors (Lipinski definition) is 2. The fourth-order valence-corrected chi connectivity index (χ4v) is 3.84. The number of likely N-dealkylation sites (tertiary alicyclic amines) is 1. The lowest BCUT2D eigenvalue weighted by atomic mass is 10.1. The molecular weight excluding hydrogens is 328 g/mol. The third-order valence-corrected chi connectivity index (χ3v) is 5.44. The van der Waals surface area contributed by atoms with Crippen LogP contribution in [0.4, 0.5) is 0 Å². The Balaban J connectivity index is 2.13. The summed E-state index contributed by atoms with van der Waals surface area (Å²) in [5.41, 5.74) is 0.434.